The van der Waals surface area contributed by atoms with E-state index in [4.69, 9.17) is 4.74 Å². The number of nitrogens with one attached hydrogen (secondary N) is 1. The molecule has 1 N–H and O–H groups in total. The van der Waals surface area contributed by atoms with Crippen molar-refractivity contribution in [2.45, 2.75) is 38.8 Å². The Labute approximate surface area is 124 Å². The number of alkyl carbamates (subject to hydrolysis) is 1. The molecule has 2 rings (SSSR count). The van der Waals surface area contributed by atoms with Gasteiger partial charge in [-0.15, -0.1) is 0 Å². The third-order valence-corrected chi connectivity index (χ3v) is 3.20. The van der Waals surface area contributed by atoms with Gasteiger partial charge in [-0.1, -0.05) is 6.07 Å². The average molecular weight is 291 g/mol. The number of carbonyl (C=O) groups is 2. The van der Waals surface area contributed by atoms with E-state index in [-0.39, 0.29) is 6.04 Å². The SMILES string of the molecule is CC(C)(C)OC(=O)NCC1CCN1c1cccc(C=O)n1. The number of rotatable bonds is 4. The quantitative estimate of drug-likeness (QED) is 0.859. The summed E-state index contributed by atoms with van der Waals surface area (Å²) in [6, 6.07) is 5.53. The number of amides is 1. The van der Waals surface area contributed by atoms with Gasteiger partial charge in [0.25, 0.3) is 0 Å². The van der Waals surface area contributed by atoms with Crippen LogP contribution in [-0.2, 0) is 4.74 Å². The highest BCUT2D eigenvalue weighted by Crippen LogP contribution is 2.24. The largest absolute Gasteiger partial charge is 0.444 e. The van der Waals surface area contributed by atoms with Crippen LogP contribution in [-0.4, -0.2) is 42.1 Å². The molecule has 21 heavy (non-hydrogen) atoms. The predicted octanol–water partition coefficient (Wildman–Crippen LogP) is 2.00. The van der Waals surface area contributed by atoms with Gasteiger partial charge in [0.1, 0.15) is 17.1 Å². The maximum atomic E-state index is 11.6. The fraction of sp³-hybridized carbons (Fsp3) is 0.533. The summed E-state index contributed by atoms with van der Waals surface area (Å²) in [4.78, 5) is 28.7. The number of aromatic nitrogens is 1. The molecule has 6 nitrogen and oxygen atoms in total. The van der Waals surface area contributed by atoms with Gasteiger partial charge in [-0.3, -0.25) is 4.79 Å². The van der Waals surface area contributed by atoms with E-state index in [1.54, 1.807) is 6.07 Å². The van der Waals surface area contributed by atoms with Crippen LogP contribution >= 0.6 is 0 Å². The number of pyridine rings is 1. The van der Waals surface area contributed by atoms with E-state index in [9.17, 15) is 9.59 Å². The van der Waals surface area contributed by atoms with Gasteiger partial charge in [0.15, 0.2) is 6.29 Å². The first kappa shape index (κ1) is 15.3. The Bertz CT molecular complexity index is 525. The van der Waals surface area contributed by atoms with E-state index in [0.29, 0.717) is 12.2 Å². The Morgan fingerprint density at radius 3 is 2.86 bits per heavy atom. The summed E-state index contributed by atoms with van der Waals surface area (Å²) in [6.45, 7) is 6.86. The highest BCUT2D eigenvalue weighted by Gasteiger charge is 2.30. The lowest BCUT2D eigenvalue weighted by Crippen LogP contribution is -2.54. The second kappa shape index (κ2) is 6.11. The Kier molecular flexibility index (Phi) is 4.45. The molecule has 1 amide bonds. The number of anilines is 1. The van der Waals surface area contributed by atoms with Crippen LogP contribution in [0.1, 0.15) is 37.7 Å². The minimum absolute atomic E-state index is 0.187. The van der Waals surface area contributed by atoms with E-state index >= 15 is 0 Å². The number of nitrogens with zero attached hydrogens (tertiary/aromatic N) is 2. The Morgan fingerprint density at radius 2 is 2.29 bits per heavy atom. The monoisotopic (exact) mass is 291 g/mol. The minimum atomic E-state index is -0.497. The van der Waals surface area contributed by atoms with Gasteiger partial charge in [0, 0.05) is 19.1 Å². The summed E-state index contributed by atoms with van der Waals surface area (Å²) in [7, 11) is 0. The van der Waals surface area contributed by atoms with Crippen molar-refractivity contribution in [1.82, 2.24) is 10.3 Å². The molecule has 1 aromatic rings. The molecule has 1 fully saturated rings. The first-order valence-corrected chi connectivity index (χ1v) is 7.05. The summed E-state index contributed by atoms with van der Waals surface area (Å²) in [5, 5.41) is 2.77. The fourth-order valence-electron chi connectivity index (χ4n) is 2.14. The second-order valence-electron chi connectivity index (χ2n) is 6.06. The van der Waals surface area contributed by atoms with Gasteiger partial charge in [0.05, 0.1) is 0 Å². The molecule has 0 aliphatic carbocycles. The van der Waals surface area contributed by atoms with Crippen molar-refractivity contribution in [3.63, 3.8) is 0 Å². The Balaban J connectivity index is 1.88. The van der Waals surface area contributed by atoms with Gasteiger partial charge in [-0.25, -0.2) is 9.78 Å². The molecule has 114 valence electrons. The first-order valence-electron chi connectivity index (χ1n) is 7.05. The van der Waals surface area contributed by atoms with E-state index < -0.39 is 11.7 Å². The van der Waals surface area contributed by atoms with E-state index in [1.807, 2.05) is 32.9 Å². The molecule has 0 saturated carbocycles. The zero-order valence-corrected chi connectivity index (χ0v) is 12.6. The molecule has 1 aliphatic rings. The third-order valence-electron chi connectivity index (χ3n) is 3.20. The number of hydrogen-bond acceptors (Lipinski definition) is 5. The maximum Gasteiger partial charge on any atom is 0.407 e. The smallest absolute Gasteiger partial charge is 0.407 e. The molecular formula is C15H21N3O3. The Hall–Kier alpha value is -2.11. The van der Waals surface area contributed by atoms with E-state index in [2.05, 4.69) is 15.2 Å². The fourth-order valence-corrected chi connectivity index (χ4v) is 2.14. The highest BCUT2D eigenvalue weighted by atomic mass is 16.6. The van der Waals surface area contributed by atoms with Crippen LogP contribution in [0.25, 0.3) is 0 Å². The van der Waals surface area contributed by atoms with Gasteiger partial charge < -0.3 is 15.0 Å². The van der Waals surface area contributed by atoms with Crippen LogP contribution in [0, 0.1) is 0 Å². The predicted molar refractivity (Wildman–Crippen MR) is 79.6 cm³/mol. The van der Waals surface area contributed by atoms with Crippen LogP contribution in [0.5, 0.6) is 0 Å². The van der Waals surface area contributed by atoms with Crippen LogP contribution in [0.4, 0.5) is 10.6 Å². The van der Waals surface area contributed by atoms with Crippen molar-refractivity contribution in [3.8, 4) is 0 Å². The molecule has 1 saturated heterocycles. The standard InChI is InChI=1S/C15H21N3O3/c1-15(2,3)21-14(20)16-9-12-7-8-18(12)13-6-4-5-11(10-19)17-13/h4-6,10,12H,7-9H2,1-3H3,(H,16,20). The zero-order chi connectivity index (χ0) is 15.5. The Morgan fingerprint density at radius 1 is 1.52 bits per heavy atom. The van der Waals surface area contributed by atoms with Gasteiger partial charge >= 0.3 is 6.09 Å². The minimum Gasteiger partial charge on any atom is -0.444 e. The van der Waals surface area contributed by atoms with Crippen molar-refractivity contribution < 1.29 is 14.3 Å². The number of hydrogen-bond donors (Lipinski definition) is 1. The summed E-state index contributed by atoms with van der Waals surface area (Å²) in [5.41, 5.74) is -0.0817. The molecule has 1 aliphatic heterocycles. The van der Waals surface area contributed by atoms with Crippen LogP contribution in [0.3, 0.4) is 0 Å². The van der Waals surface area contributed by atoms with Crippen LogP contribution in [0.15, 0.2) is 18.2 Å². The second-order valence-corrected chi connectivity index (χ2v) is 6.06. The molecule has 1 unspecified atom stereocenters. The number of aldehydes is 1. The van der Waals surface area contributed by atoms with E-state index in [1.165, 1.54) is 0 Å². The van der Waals surface area contributed by atoms with Crippen molar-refractivity contribution in [2.75, 3.05) is 18.0 Å². The summed E-state index contributed by atoms with van der Waals surface area (Å²) < 4.78 is 5.20. The molecule has 0 radical (unpaired) electrons. The average Bonchev–Trinajstić information content (AvgIpc) is 2.35. The van der Waals surface area contributed by atoms with Gasteiger partial charge in [0.2, 0.25) is 0 Å². The molecule has 1 aromatic heterocycles. The lowest BCUT2D eigenvalue weighted by molar-refractivity contribution is 0.0521. The lowest BCUT2D eigenvalue weighted by atomic mass is 10.0. The van der Waals surface area contributed by atoms with Gasteiger partial charge in [-0.2, -0.15) is 0 Å². The van der Waals surface area contributed by atoms with Crippen molar-refractivity contribution in [3.05, 3.63) is 23.9 Å². The summed E-state index contributed by atoms with van der Waals surface area (Å²) in [6.07, 6.45) is 1.30. The van der Waals surface area contributed by atoms with E-state index in [0.717, 1.165) is 25.1 Å². The van der Waals surface area contributed by atoms with Crippen LogP contribution < -0.4 is 10.2 Å². The molecule has 2 heterocycles. The third kappa shape index (κ3) is 4.18. The molecular weight excluding hydrogens is 270 g/mol. The number of carbonyl (C=O) groups excluding carboxylic acids is 2. The van der Waals surface area contributed by atoms with Crippen LogP contribution in [0.2, 0.25) is 0 Å². The molecule has 0 bridgehead atoms. The summed E-state index contributed by atoms with van der Waals surface area (Å²) >= 11 is 0. The van der Waals surface area contributed by atoms with Gasteiger partial charge in [-0.05, 0) is 39.3 Å². The molecule has 0 spiro atoms. The lowest BCUT2D eigenvalue weighted by Gasteiger charge is -2.42. The highest BCUT2D eigenvalue weighted by molar-refractivity contribution is 5.72. The molecule has 1 atom stereocenters. The first-order chi connectivity index (χ1) is 9.89. The maximum absolute atomic E-state index is 11.6. The normalized spacial score (nSPS) is 17.9. The topological polar surface area (TPSA) is 71.5 Å². The summed E-state index contributed by atoms with van der Waals surface area (Å²) in [5.74, 6) is 0.766. The van der Waals surface area contributed by atoms with Crippen molar-refractivity contribution >= 4 is 18.2 Å². The van der Waals surface area contributed by atoms with Crippen molar-refractivity contribution in [1.29, 1.82) is 0 Å². The zero-order valence-electron chi connectivity index (χ0n) is 12.6. The van der Waals surface area contributed by atoms with Crippen molar-refractivity contribution in [2.24, 2.45) is 0 Å². The molecule has 6 heteroatoms. The number of ether oxygens (including phenoxy) is 1. The molecule has 0 aromatic carbocycles.